The van der Waals surface area contributed by atoms with Gasteiger partial charge in [-0.25, -0.2) is 4.79 Å². The second-order valence-electron chi connectivity index (χ2n) is 7.24. The number of rotatable bonds is 4. The molecule has 0 aliphatic rings. The maximum Gasteiger partial charge on any atom is 0.324 e. The minimum absolute atomic E-state index is 0.131. The molecule has 0 radical (unpaired) electrons. The van der Waals surface area contributed by atoms with Gasteiger partial charge in [0.2, 0.25) is 0 Å². The molecular weight excluding hydrogens is 362 g/mol. The Kier molecular flexibility index (Phi) is 5.46. The van der Waals surface area contributed by atoms with Crippen LogP contribution in [0.3, 0.4) is 0 Å². The molecule has 6 nitrogen and oxygen atoms in total. The molecule has 0 spiro atoms. The zero-order valence-electron chi connectivity index (χ0n) is 15.5. The Morgan fingerprint density at radius 3 is 2.59 bits per heavy atom. The number of pyridine rings is 1. The fourth-order valence-electron chi connectivity index (χ4n) is 2.70. The molecule has 140 valence electrons. The van der Waals surface area contributed by atoms with E-state index in [1.165, 1.54) is 0 Å². The lowest BCUT2D eigenvalue weighted by molar-refractivity contribution is 0.262. The Hall–Kier alpha value is -2.86. The number of hydrogen-bond donors (Lipinski definition) is 2. The molecule has 0 saturated carbocycles. The molecule has 3 rings (SSSR count). The highest BCUT2D eigenvalue weighted by Gasteiger charge is 2.22. The number of nitrogens with zero attached hydrogens (tertiary/aromatic N) is 3. The molecule has 27 heavy (non-hydrogen) atoms. The predicted octanol–water partition coefficient (Wildman–Crippen LogP) is 4.92. The van der Waals surface area contributed by atoms with Gasteiger partial charge in [-0.3, -0.25) is 15.0 Å². The first-order chi connectivity index (χ1) is 12.8. The first-order valence-electron chi connectivity index (χ1n) is 8.63. The molecule has 0 unspecified atom stereocenters. The van der Waals surface area contributed by atoms with Crippen molar-refractivity contribution in [1.82, 2.24) is 14.8 Å². The van der Waals surface area contributed by atoms with Gasteiger partial charge in [-0.1, -0.05) is 50.6 Å². The number of carbonyl (C=O) groups excluding carboxylic acids is 1. The van der Waals surface area contributed by atoms with E-state index < -0.39 is 6.03 Å². The van der Waals surface area contributed by atoms with Crippen molar-refractivity contribution in [3.63, 3.8) is 0 Å². The van der Waals surface area contributed by atoms with Crippen LogP contribution in [0.2, 0.25) is 5.02 Å². The SMILES string of the molecule is CC(C)(C)c1cc(NC(=O)Nc2ccccc2Cl)nn1Cc1cccnc1. The molecule has 0 saturated heterocycles. The lowest BCUT2D eigenvalue weighted by Gasteiger charge is -2.20. The van der Waals surface area contributed by atoms with Crippen molar-refractivity contribution >= 4 is 29.1 Å². The fourth-order valence-corrected chi connectivity index (χ4v) is 2.88. The fraction of sp³-hybridized carbons (Fsp3) is 0.250. The van der Waals surface area contributed by atoms with Crippen molar-refractivity contribution in [2.24, 2.45) is 0 Å². The largest absolute Gasteiger partial charge is 0.324 e. The van der Waals surface area contributed by atoms with E-state index in [2.05, 4.69) is 41.5 Å². The summed E-state index contributed by atoms with van der Waals surface area (Å²) in [6.45, 7) is 6.90. The average molecular weight is 384 g/mol. The van der Waals surface area contributed by atoms with Gasteiger partial charge in [0.15, 0.2) is 5.82 Å². The lowest BCUT2D eigenvalue weighted by Crippen LogP contribution is -2.20. The second kappa shape index (κ2) is 7.80. The standard InChI is InChI=1S/C20H22ClN5O/c1-20(2,3)17-11-18(25-26(17)13-14-7-6-10-22-12-14)24-19(27)23-16-9-5-4-8-15(16)21/h4-12H,13H2,1-3H3,(H2,23,24,25,27). The molecular formula is C20H22ClN5O. The highest BCUT2D eigenvalue weighted by atomic mass is 35.5. The van der Waals surface area contributed by atoms with Gasteiger partial charge < -0.3 is 5.32 Å². The summed E-state index contributed by atoms with van der Waals surface area (Å²) in [7, 11) is 0. The van der Waals surface area contributed by atoms with E-state index in [1.54, 1.807) is 24.4 Å². The van der Waals surface area contributed by atoms with Crippen LogP contribution in [0.5, 0.6) is 0 Å². The van der Waals surface area contributed by atoms with E-state index in [0.29, 0.717) is 23.1 Å². The molecule has 2 amide bonds. The number of halogens is 1. The monoisotopic (exact) mass is 383 g/mol. The minimum atomic E-state index is -0.394. The molecule has 2 aromatic heterocycles. The summed E-state index contributed by atoms with van der Waals surface area (Å²) in [6, 6.07) is 12.5. The van der Waals surface area contributed by atoms with Gasteiger partial charge in [-0.15, -0.1) is 0 Å². The van der Waals surface area contributed by atoms with Gasteiger partial charge in [0.1, 0.15) is 0 Å². The number of urea groups is 1. The van der Waals surface area contributed by atoms with Crippen LogP contribution < -0.4 is 10.6 Å². The molecule has 0 aliphatic carbocycles. The Bertz CT molecular complexity index is 931. The van der Waals surface area contributed by atoms with Gasteiger partial charge in [0.05, 0.1) is 17.3 Å². The van der Waals surface area contributed by atoms with Gasteiger partial charge >= 0.3 is 6.03 Å². The Morgan fingerprint density at radius 1 is 1.15 bits per heavy atom. The molecule has 2 heterocycles. The van der Waals surface area contributed by atoms with Crippen LogP contribution in [0.25, 0.3) is 0 Å². The summed E-state index contributed by atoms with van der Waals surface area (Å²) in [5.41, 5.74) is 2.47. The number of para-hydroxylation sites is 1. The Labute approximate surface area is 163 Å². The summed E-state index contributed by atoms with van der Waals surface area (Å²) in [5.74, 6) is 0.480. The Balaban J connectivity index is 1.79. The summed E-state index contributed by atoms with van der Waals surface area (Å²) >= 11 is 6.08. The molecule has 0 fully saturated rings. The third-order valence-electron chi connectivity index (χ3n) is 3.97. The van der Waals surface area contributed by atoms with Crippen molar-refractivity contribution in [3.05, 3.63) is 71.1 Å². The number of hydrogen-bond acceptors (Lipinski definition) is 3. The summed E-state index contributed by atoms with van der Waals surface area (Å²) in [5, 5.41) is 10.6. The van der Waals surface area contributed by atoms with Crippen molar-refractivity contribution in [2.75, 3.05) is 10.6 Å². The van der Waals surface area contributed by atoms with Gasteiger partial charge in [0, 0.05) is 29.6 Å². The number of benzene rings is 1. The maximum atomic E-state index is 12.3. The molecule has 3 aromatic rings. The van der Waals surface area contributed by atoms with Crippen LogP contribution >= 0.6 is 11.6 Å². The van der Waals surface area contributed by atoms with Crippen LogP contribution in [0.4, 0.5) is 16.3 Å². The first-order valence-corrected chi connectivity index (χ1v) is 9.00. The zero-order chi connectivity index (χ0) is 19.4. The van der Waals surface area contributed by atoms with E-state index in [9.17, 15) is 4.79 Å². The van der Waals surface area contributed by atoms with Crippen LogP contribution in [-0.2, 0) is 12.0 Å². The van der Waals surface area contributed by atoms with E-state index in [0.717, 1.165) is 11.3 Å². The second-order valence-corrected chi connectivity index (χ2v) is 7.65. The normalized spacial score (nSPS) is 11.3. The zero-order valence-corrected chi connectivity index (χ0v) is 16.3. The summed E-state index contributed by atoms with van der Waals surface area (Å²) in [4.78, 5) is 16.5. The third kappa shape index (κ3) is 4.86. The highest BCUT2D eigenvalue weighted by molar-refractivity contribution is 6.33. The van der Waals surface area contributed by atoms with Crippen LogP contribution in [0.1, 0.15) is 32.0 Å². The third-order valence-corrected chi connectivity index (χ3v) is 4.30. The van der Waals surface area contributed by atoms with E-state index in [1.807, 2.05) is 35.1 Å². The average Bonchev–Trinajstić information content (AvgIpc) is 3.00. The van der Waals surface area contributed by atoms with Crippen LogP contribution in [-0.4, -0.2) is 20.8 Å². The van der Waals surface area contributed by atoms with Gasteiger partial charge in [-0.2, -0.15) is 5.10 Å². The molecule has 0 aliphatic heterocycles. The molecule has 0 bridgehead atoms. The first kappa shape index (κ1) is 18.9. The van der Waals surface area contributed by atoms with Crippen molar-refractivity contribution in [3.8, 4) is 0 Å². The lowest BCUT2D eigenvalue weighted by atomic mass is 9.92. The van der Waals surface area contributed by atoms with Gasteiger partial charge in [-0.05, 0) is 23.8 Å². The summed E-state index contributed by atoms with van der Waals surface area (Å²) < 4.78 is 1.89. The molecule has 1 aromatic carbocycles. The number of aromatic nitrogens is 3. The van der Waals surface area contributed by atoms with E-state index >= 15 is 0 Å². The van der Waals surface area contributed by atoms with Crippen molar-refractivity contribution < 1.29 is 4.79 Å². The van der Waals surface area contributed by atoms with E-state index in [-0.39, 0.29) is 5.41 Å². The van der Waals surface area contributed by atoms with Crippen molar-refractivity contribution in [1.29, 1.82) is 0 Å². The quantitative estimate of drug-likeness (QED) is 0.671. The molecule has 2 N–H and O–H groups in total. The topological polar surface area (TPSA) is 71.8 Å². The van der Waals surface area contributed by atoms with Gasteiger partial charge in [0.25, 0.3) is 0 Å². The van der Waals surface area contributed by atoms with Crippen LogP contribution in [0.15, 0.2) is 54.9 Å². The molecule has 7 heteroatoms. The number of carbonyl (C=O) groups is 1. The number of amides is 2. The molecule has 0 atom stereocenters. The maximum absolute atomic E-state index is 12.3. The predicted molar refractivity (Wildman–Crippen MR) is 108 cm³/mol. The number of nitrogens with one attached hydrogen (secondary N) is 2. The van der Waals surface area contributed by atoms with E-state index in [4.69, 9.17) is 11.6 Å². The minimum Gasteiger partial charge on any atom is -0.306 e. The highest BCUT2D eigenvalue weighted by Crippen LogP contribution is 2.26. The Morgan fingerprint density at radius 2 is 1.93 bits per heavy atom. The van der Waals surface area contributed by atoms with Crippen molar-refractivity contribution in [2.45, 2.75) is 32.7 Å². The van der Waals surface area contributed by atoms with Crippen LogP contribution in [0, 0.1) is 0 Å². The number of anilines is 2. The smallest absolute Gasteiger partial charge is 0.306 e. The summed E-state index contributed by atoms with van der Waals surface area (Å²) in [6.07, 6.45) is 3.55.